The number of hydrogen-bond acceptors (Lipinski definition) is 4. The minimum atomic E-state index is -0.153. The fourth-order valence-corrected chi connectivity index (χ4v) is 4.08. The van der Waals surface area contributed by atoms with Gasteiger partial charge in [0.05, 0.1) is 5.69 Å². The van der Waals surface area contributed by atoms with E-state index in [4.69, 9.17) is 11.6 Å². The topological polar surface area (TPSA) is 71.1 Å². The Bertz CT molecular complexity index is 1060. The molecule has 1 aliphatic rings. The van der Waals surface area contributed by atoms with Crippen LogP contribution in [-0.2, 0) is 11.3 Å². The lowest BCUT2D eigenvalue weighted by Gasteiger charge is -2.07. The van der Waals surface area contributed by atoms with Gasteiger partial charge in [0, 0.05) is 28.7 Å². The average Bonchev–Trinajstić information content (AvgIpc) is 3.49. The number of aryl methyl sites for hydroxylation is 1. The van der Waals surface area contributed by atoms with Crippen molar-refractivity contribution in [3.05, 3.63) is 69.7 Å². The van der Waals surface area contributed by atoms with Crippen molar-refractivity contribution in [3.8, 4) is 10.6 Å². The lowest BCUT2D eigenvalue weighted by molar-refractivity contribution is -0.117. The number of carbonyl (C=O) groups excluding carboxylic acids is 2. The Morgan fingerprint density at radius 1 is 1.17 bits per heavy atom. The van der Waals surface area contributed by atoms with Gasteiger partial charge < -0.3 is 10.6 Å². The predicted molar refractivity (Wildman–Crippen MR) is 116 cm³/mol. The number of thiazole rings is 1. The molecule has 4 rings (SSSR count). The van der Waals surface area contributed by atoms with Gasteiger partial charge in [-0.15, -0.1) is 11.3 Å². The minimum Gasteiger partial charge on any atom is -0.347 e. The van der Waals surface area contributed by atoms with E-state index in [-0.39, 0.29) is 17.7 Å². The number of nitrogens with one attached hydrogen (secondary N) is 2. The molecule has 3 aromatic rings. The molecule has 7 heteroatoms. The molecular formula is C22H20ClN3O2S. The molecule has 0 unspecified atom stereocenters. The third-order valence-corrected chi connectivity index (χ3v) is 6.14. The van der Waals surface area contributed by atoms with Crippen LogP contribution in [0.2, 0.25) is 5.02 Å². The molecule has 0 atom stereocenters. The van der Waals surface area contributed by atoms with Crippen LogP contribution in [0.4, 0.5) is 5.69 Å². The maximum Gasteiger partial charge on any atom is 0.263 e. The monoisotopic (exact) mass is 425 g/mol. The number of carbonyl (C=O) groups is 2. The number of aromatic nitrogens is 1. The molecule has 0 bridgehead atoms. The van der Waals surface area contributed by atoms with Crippen molar-refractivity contribution >= 4 is 40.4 Å². The highest BCUT2D eigenvalue weighted by Gasteiger charge is 2.29. The molecule has 0 aliphatic heterocycles. The van der Waals surface area contributed by atoms with Crippen LogP contribution in [0, 0.1) is 12.8 Å². The molecule has 5 nitrogen and oxygen atoms in total. The van der Waals surface area contributed by atoms with Crippen LogP contribution in [0.25, 0.3) is 10.6 Å². The van der Waals surface area contributed by atoms with E-state index in [1.165, 1.54) is 11.3 Å². The first-order chi connectivity index (χ1) is 14.0. The van der Waals surface area contributed by atoms with Gasteiger partial charge in [-0.3, -0.25) is 9.59 Å². The highest BCUT2D eigenvalue weighted by molar-refractivity contribution is 7.17. The van der Waals surface area contributed by atoms with Crippen molar-refractivity contribution in [1.82, 2.24) is 10.3 Å². The second-order valence-corrected chi connectivity index (χ2v) is 8.52. The van der Waals surface area contributed by atoms with Crippen LogP contribution in [0.5, 0.6) is 0 Å². The normalized spacial score (nSPS) is 13.2. The molecule has 2 amide bonds. The molecule has 1 heterocycles. The Hall–Kier alpha value is -2.70. The van der Waals surface area contributed by atoms with Crippen LogP contribution < -0.4 is 10.6 Å². The van der Waals surface area contributed by atoms with E-state index in [0.717, 1.165) is 34.7 Å². The fourth-order valence-electron chi connectivity index (χ4n) is 2.91. The highest BCUT2D eigenvalue weighted by Crippen LogP contribution is 2.30. The Morgan fingerprint density at radius 3 is 2.62 bits per heavy atom. The van der Waals surface area contributed by atoms with Crippen molar-refractivity contribution < 1.29 is 9.59 Å². The van der Waals surface area contributed by atoms with Crippen LogP contribution >= 0.6 is 22.9 Å². The summed E-state index contributed by atoms with van der Waals surface area (Å²) in [5.74, 6) is 0.107. The SMILES string of the molecule is Cc1nc(-c2cccc(Cl)c2)sc1C(=O)NCc1ccc(NC(=O)C2CC2)cc1. The van der Waals surface area contributed by atoms with E-state index in [0.29, 0.717) is 22.1 Å². The maximum atomic E-state index is 12.6. The third-order valence-electron chi connectivity index (χ3n) is 4.70. The highest BCUT2D eigenvalue weighted by atomic mass is 35.5. The number of nitrogens with zero attached hydrogens (tertiary/aromatic N) is 1. The number of anilines is 1. The zero-order valence-electron chi connectivity index (χ0n) is 15.9. The maximum absolute atomic E-state index is 12.6. The van der Waals surface area contributed by atoms with Gasteiger partial charge in [-0.1, -0.05) is 35.9 Å². The van der Waals surface area contributed by atoms with Crippen molar-refractivity contribution in [2.45, 2.75) is 26.3 Å². The van der Waals surface area contributed by atoms with Gasteiger partial charge in [-0.25, -0.2) is 4.98 Å². The Kier molecular flexibility index (Phi) is 5.65. The standard InChI is InChI=1S/C22H20ClN3O2S/c1-13-19(29-22(25-13)16-3-2-4-17(23)11-16)21(28)24-12-14-5-9-18(10-6-14)26-20(27)15-7-8-15/h2-6,9-11,15H,7-8,12H2,1H3,(H,24,28)(H,26,27). The zero-order valence-corrected chi connectivity index (χ0v) is 17.4. The van der Waals surface area contributed by atoms with Gasteiger partial charge in [0.2, 0.25) is 5.91 Å². The van der Waals surface area contributed by atoms with Crippen LogP contribution in [0.3, 0.4) is 0 Å². The van der Waals surface area contributed by atoms with Gasteiger partial charge in [-0.05, 0) is 49.6 Å². The van der Waals surface area contributed by atoms with E-state index < -0.39 is 0 Å². The van der Waals surface area contributed by atoms with Crippen molar-refractivity contribution in [1.29, 1.82) is 0 Å². The molecule has 148 valence electrons. The van der Waals surface area contributed by atoms with Gasteiger partial charge in [0.15, 0.2) is 0 Å². The zero-order chi connectivity index (χ0) is 20.4. The van der Waals surface area contributed by atoms with E-state index >= 15 is 0 Å². The molecule has 0 saturated heterocycles. The van der Waals surface area contributed by atoms with Gasteiger partial charge >= 0.3 is 0 Å². The Labute approximate surface area is 178 Å². The van der Waals surface area contributed by atoms with E-state index in [9.17, 15) is 9.59 Å². The molecule has 1 saturated carbocycles. The van der Waals surface area contributed by atoms with Crippen molar-refractivity contribution in [2.24, 2.45) is 5.92 Å². The first-order valence-corrected chi connectivity index (χ1v) is 10.6. The van der Waals surface area contributed by atoms with Gasteiger partial charge in [-0.2, -0.15) is 0 Å². The largest absolute Gasteiger partial charge is 0.347 e. The molecule has 2 aromatic carbocycles. The quantitative estimate of drug-likeness (QED) is 0.580. The van der Waals surface area contributed by atoms with Crippen molar-refractivity contribution in [3.63, 3.8) is 0 Å². The molecule has 0 radical (unpaired) electrons. The first kappa shape index (κ1) is 19.6. The minimum absolute atomic E-state index is 0.0854. The molecule has 1 aromatic heterocycles. The fraction of sp³-hybridized carbons (Fsp3) is 0.227. The summed E-state index contributed by atoms with van der Waals surface area (Å²) in [5.41, 5.74) is 3.33. The van der Waals surface area contributed by atoms with Crippen LogP contribution in [-0.4, -0.2) is 16.8 Å². The lowest BCUT2D eigenvalue weighted by atomic mass is 10.2. The average molecular weight is 426 g/mol. The summed E-state index contributed by atoms with van der Waals surface area (Å²) in [6.07, 6.45) is 1.96. The number of hydrogen-bond donors (Lipinski definition) is 2. The number of halogens is 1. The predicted octanol–water partition coefficient (Wildman–Crippen LogP) is 5.05. The first-order valence-electron chi connectivity index (χ1n) is 9.41. The molecule has 1 aliphatic carbocycles. The van der Waals surface area contributed by atoms with Crippen molar-refractivity contribution in [2.75, 3.05) is 5.32 Å². The lowest BCUT2D eigenvalue weighted by Crippen LogP contribution is -2.22. The summed E-state index contributed by atoms with van der Waals surface area (Å²) in [7, 11) is 0. The van der Waals surface area contributed by atoms with Crippen LogP contribution in [0.15, 0.2) is 48.5 Å². The summed E-state index contributed by atoms with van der Waals surface area (Å²) >= 11 is 7.41. The number of benzene rings is 2. The summed E-state index contributed by atoms with van der Waals surface area (Å²) in [6.45, 7) is 2.23. The van der Waals surface area contributed by atoms with E-state index in [1.807, 2.05) is 55.5 Å². The Balaban J connectivity index is 1.37. The van der Waals surface area contributed by atoms with E-state index in [1.54, 1.807) is 0 Å². The van der Waals surface area contributed by atoms with Gasteiger partial charge in [0.25, 0.3) is 5.91 Å². The third kappa shape index (κ3) is 4.83. The smallest absolute Gasteiger partial charge is 0.263 e. The van der Waals surface area contributed by atoms with E-state index in [2.05, 4.69) is 15.6 Å². The number of rotatable bonds is 6. The molecule has 1 fully saturated rings. The molecule has 2 N–H and O–H groups in total. The van der Waals surface area contributed by atoms with Crippen LogP contribution in [0.1, 0.15) is 33.8 Å². The summed E-state index contributed by atoms with van der Waals surface area (Å²) in [4.78, 5) is 29.5. The second kappa shape index (κ2) is 8.35. The molecule has 29 heavy (non-hydrogen) atoms. The molecular weight excluding hydrogens is 406 g/mol. The summed E-state index contributed by atoms with van der Waals surface area (Å²) < 4.78 is 0. The Morgan fingerprint density at radius 2 is 1.93 bits per heavy atom. The summed E-state index contributed by atoms with van der Waals surface area (Å²) in [5, 5.41) is 7.25. The summed E-state index contributed by atoms with van der Waals surface area (Å²) in [6, 6.07) is 15.0. The number of amides is 2. The second-order valence-electron chi connectivity index (χ2n) is 7.09. The molecule has 0 spiro atoms. The van der Waals surface area contributed by atoms with Gasteiger partial charge in [0.1, 0.15) is 9.88 Å².